The molecule has 1 aromatic heterocycles. The fourth-order valence-corrected chi connectivity index (χ4v) is 6.85. The van der Waals surface area contributed by atoms with Gasteiger partial charge in [0.2, 0.25) is 10.0 Å². The number of hydrogen-bond donors (Lipinski definition) is 0. The number of nitrogens with zero attached hydrogens (tertiary/aromatic N) is 5. The molecule has 0 fully saturated rings. The van der Waals surface area contributed by atoms with E-state index in [2.05, 4.69) is 21.4 Å². The highest BCUT2D eigenvalue weighted by atomic mass is 32.2. The van der Waals surface area contributed by atoms with Crippen molar-refractivity contribution in [2.45, 2.75) is 30.7 Å². The minimum absolute atomic E-state index is 0.00647. The summed E-state index contributed by atoms with van der Waals surface area (Å²) in [6.45, 7) is -0.578. The first kappa shape index (κ1) is 34.0. The predicted molar refractivity (Wildman–Crippen MR) is 171 cm³/mol. The van der Waals surface area contributed by atoms with Gasteiger partial charge in [0.05, 0.1) is 39.0 Å². The molecule has 1 heterocycles. The second-order valence-corrected chi connectivity index (χ2v) is 12.4. The molecule has 0 unspecified atom stereocenters. The van der Waals surface area contributed by atoms with Crippen molar-refractivity contribution < 1.29 is 35.8 Å². The quantitative estimate of drug-likeness (QED) is 0.153. The molecular weight excluding hydrogens is 647 g/mol. The smallest absolute Gasteiger partial charge is 0.417 e. The molecule has 4 aromatic carbocycles. The molecular formula is C34H30F3N5O5S. The summed E-state index contributed by atoms with van der Waals surface area (Å²) >= 11 is 0. The van der Waals surface area contributed by atoms with Crippen LogP contribution in [0.25, 0.3) is 11.4 Å². The van der Waals surface area contributed by atoms with Crippen LogP contribution in [-0.4, -0.2) is 54.3 Å². The molecule has 10 nitrogen and oxygen atoms in total. The van der Waals surface area contributed by atoms with E-state index in [0.29, 0.717) is 40.0 Å². The van der Waals surface area contributed by atoms with Crippen LogP contribution in [0.15, 0.2) is 89.8 Å². The van der Waals surface area contributed by atoms with E-state index in [1.165, 1.54) is 26.0 Å². The molecule has 0 N–H and O–H groups in total. The number of hydrogen-bond acceptors (Lipinski definition) is 8. The van der Waals surface area contributed by atoms with Crippen LogP contribution in [-0.2, 0) is 35.8 Å². The Morgan fingerprint density at radius 1 is 0.771 bits per heavy atom. The molecule has 0 radical (unpaired) electrons. The van der Waals surface area contributed by atoms with Crippen molar-refractivity contribution in [1.82, 2.24) is 24.5 Å². The zero-order valence-corrected chi connectivity index (χ0v) is 26.9. The summed E-state index contributed by atoms with van der Waals surface area (Å²) in [4.78, 5) is -1.06. The summed E-state index contributed by atoms with van der Waals surface area (Å²) in [6, 6.07) is 21.6. The van der Waals surface area contributed by atoms with Gasteiger partial charge in [-0.15, -0.1) is 11.5 Å². The van der Waals surface area contributed by atoms with Crippen molar-refractivity contribution in [3.8, 4) is 41.0 Å². The van der Waals surface area contributed by atoms with Crippen LogP contribution in [0.4, 0.5) is 13.2 Å². The molecule has 0 aliphatic heterocycles. The SMILES string of the molecule is C#Cc1ccc(C(F)(F)F)c(S(=O)(=O)N(Cc2ccc(OC)cc2)Cc2ccc(OC)cc2)c1-c1nnnn1Cc1ccc(OC)cc1. The summed E-state index contributed by atoms with van der Waals surface area (Å²) in [5, 5.41) is 11.7. The van der Waals surface area contributed by atoms with E-state index >= 15 is 0 Å². The van der Waals surface area contributed by atoms with Crippen LogP contribution in [0.2, 0.25) is 0 Å². The van der Waals surface area contributed by atoms with Gasteiger partial charge in [0, 0.05) is 18.7 Å². The Labute approximate surface area is 275 Å². The van der Waals surface area contributed by atoms with E-state index in [4.69, 9.17) is 20.6 Å². The molecule has 0 aliphatic carbocycles. The summed E-state index contributed by atoms with van der Waals surface area (Å²) < 4.78 is 91.8. The number of tetrazole rings is 1. The molecule has 5 aromatic rings. The van der Waals surface area contributed by atoms with E-state index in [1.807, 2.05) is 0 Å². The normalized spacial score (nSPS) is 11.7. The van der Waals surface area contributed by atoms with Crippen LogP contribution in [0.1, 0.15) is 27.8 Å². The average Bonchev–Trinajstić information content (AvgIpc) is 3.55. The fourth-order valence-electron chi connectivity index (χ4n) is 5.03. The maximum Gasteiger partial charge on any atom is 0.417 e. The molecule has 0 aliphatic rings. The molecule has 0 amide bonds. The van der Waals surface area contributed by atoms with E-state index < -0.39 is 32.2 Å². The zero-order chi connectivity index (χ0) is 34.5. The standard InChI is InChI=1S/C34H30F3N5O5S/c1-5-26-12-19-30(34(35,36)37)32(31(26)33-38-39-40-42(33)22-25-10-17-29(47-4)18-11-25)48(43,44)41(20-23-6-13-27(45-2)14-7-23)21-24-8-15-28(46-3)16-9-24/h1,6-19H,20-22H2,2-4H3. The van der Waals surface area contributed by atoms with Crippen molar-refractivity contribution in [2.24, 2.45) is 0 Å². The number of halogens is 3. The topological polar surface area (TPSA) is 109 Å². The van der Waals surface area contributed by atoms with Crippen LogP contribution in [0.3, 0.4) is 0 Å². The van der Waals surface area contributed by atoms with Crippen molar-refractivity contribution in [3.05, 3.63) is 113 Å². The monoisotopic (exact) mass is 677 g/mol. The third-order valence-electron chi connectivity index (χ3n) is 7.50. The number of methoxy groups -OCH3 is 3. The number of benzene rings is 4. The lowest BCUT2D eigenvalue weighted by molar-refractivity contribution is -0.139. The molecule has 0 atom stereocenters. The lowest BCUT2D eigenvalue weighted by Crippen LogP contribution is -2.32. The summed E-state index contributed by atoms with van der Waals surface area (Å²) in [7, 11) is -0.524. The number of ether oxygens (including phenoxy) is 3. The number of aromatic nitrogens is 4. The second-order valence-electron chi connectivity index (χ2n) is 10.5. The Morgan fingerprint density at radius 2 is 1.25 bits per heavy atom. The fraction of sp³-hybridized carbons (Fsp3) is 0.206. The molecule has 48 heavy (non-hydrogen) atoms. The minimum atomic E-state index is -5.09. The number of rotatable bonds is 12. The van der Waals surface area contributed by atoms with E-state index in [0.717, 1.165) is 10.4 Å². The number of sulfonamides is 1. The summed E-state index contributed by atoms with van der Waals surface area (Å²) in [5.41, 5.74) is -0.323. The average molecular weight is 678 g/mol. The molecule has 0 bridgehead atoms. The second kappa shape index (κ2) is 14.2. The van der Waals surface area contributed by atoms with Crippen molar-refractivity contribution >= 4 is 10.0 Å². The van der Waals surface area contributed by atoms with Crippen LogP contribution >= 0.6 is 0 Å². The maximum absolute atomic E-state index is 14.8. The Kier molecular flexibility index (Phi) is 10.0. The molecule has 14 heteroatoms. The van der Waals surface area contributed by atoms with Gasteiger partial charge in [-0.3, -0.25) is 0 Å². The van der Waals surface area contributed by atoms with Crippen molar-refractivity contribution in [3.63, 3.8) is 0 Å². The molecule has 248 valence electrons. The molecule has 0 saturated heterocycles. The van der Waals surface area contributed by atoms with E-state index in [1.54, 1.807) is 72.8 Å². The Hall–Kier alpha value is -5.39. The van der Waals surface area contributed by atoms with Crippen LogP contribution in [0, 0.1) is 12.3 Å². The first-order valence-corrected chi connectivity index (χ1v) is 15.8. The van der Waals surface area contributed by atoms with Crippen LogP contribution in [0.5, 0.6) is 17.2 Å². The lowest BCUT2D eigenvalue weighted by Gasteiger charge is -2.26. The first-order chi connectivity index (χ1) is 23.0. The third kappa shape index (κ3) is 7.27. The van der Waals surface area contributed by atoms with Gasteiger partial charge in [-0.25, -0.2) is 13.1 Å². The van der Waals surface area contributed by atoms with Gasteiger partial charge in [0.1, 0.15) is 22.1 Å². The minimum Gasteiger partial charge on any atom is -0.497 e. The Morgan fingerprint density at radius 3 is 1.69 bits per heavy atom. The highest BCUT2D eigenvalue weighted by Gasteiger charge is 2.43. The van der Waals surface area contributed by atoms with Gasteiger partial charge in [-0.05, 0) is 75.6 Å². The van der Waals surface area contributed by atoms with Crippen molar-refractivity contribution in [1.29, 1.82) is 0 Å². The van der Waals surface area contributed by atoms with Gasteiger partial charge in [-0.1, -0.05) is 42.3 Å². The first-order valence-electron chi connectivity index (χ1n) is 14.3. The van der Waals surface area contributed by atoms with Crippen molar-refractivity contribution in [2.75, 3.05) is 21.3 Å². The molecule has 5 rings (SSSR count). The van der Waals surface area contributed by atoms with Gasteiger partial charge in [-0.2, -0.15) is 17.5 Å². The Balaban J connectivity index is 1.71. The van der Waals surface area contributed by atoms with Gasteiger partial charge in [0.25, 0.3) is 0 Å². The predicted octanol–water partition coefficient (Wildman–Crippen LogP) is 5.81. The highest BCUT2D eigenvalue weighted by molar-refractivity contribution is 7.89. The Bertz CT molecular complexity index is 1980. The highest BCUT2D eigenvalue weighted by Crippen LogP contribution is 2.42. The number of terminal acetylenes is 1. The summed E-state index contributed by atoms with van der Waals surface area (Å²) in [5.74, 6) is 3.72. The molecule has 0 saturated carbocycles. The largest absolute Gasteiger partial charge is 0.497 e. The molecule has 0 spiro atoms. The van der Waals surface area contributed by atoms with Crippen LogP contribution < -0.4 is 14.2 Å². The van der Waals surface area contributed by atoms with Gasteiger partial charge < -0.3 is 14.2 Å². The van der Waals surface area contributed by atoms with Gasteiger partial charge >= 0.3 is 6.18 Å². The van der Waals surface area contributed by atoms with E-state index in [9.17, 15) is 21.6 Å². The third-order valence-corrected chi connectivity index (χ3v) is 9.38. The lowest BCUT2D eigenvalue weighted by atomic mass is 10.0. The van der Waals surface area contributed by atoms with E-state index in [-0.39, 0.29) is 31.0 Å². The maximum atomic E-state index is 14.8. The summed E-state index contributed by atoms with van der Waals surface area (Å²) in [6.07, 6.45) is 0.693. The van der Waals surface area contributed by atoms with Gasteiger partial charge in [0.15, 0.2) is 5.82 Å². The number of alkyl halides is 3. The zero-order valence-electron chi connectivity index (χ0n) is 26.1.